The first-order valence-electron chi connectivity index (χ1n) is 6.99. The summed E-state index contributed by atoms with van der Waals surface area (Å²) in [6, 6.07) is 3.84. The number of halogens is 1. The molecule has 0 atom stereocenters. The van der Waals surface area contributed by atoms with E-state index in [1.807, 2.05) is 0 Å². The van der Waals surface area contributed by atoms with Crippen LogP contribution in [0.25, 0.3) is 0 Å². The predicted octanol–water partition coefficient (Wildman–Crippen LogP) is 1.99. The molecule has 0 aliphatic carbocycles. The number of hydrogen-bond acceptors (Lipinski definition) is 4. The Balaban J connectivity index is 1.88. The van der Waals surface area contributed by atoms with Crippen molar-refractivity contribution in [1.82, 2.24) is 10.2 Å². The second-order valence-corrected chi connectivity index (χ2v) is 5.42. The van der Waals surface area contributed by atoms with Gasteiger partial charge in [-0.05, 0) is 25.0 Å². The lowest BCUT2D eigenvalue weighted by atomic mass is 10.2. The maximum absolute atomic E-state index is 11.9. The van der Waals surface area contributed by atoms with Gasteiger partial charge in [-0.25, -0.2) is 0 Å². The molecule has 0 aromatic heterocycles. The van der Waals surface area contributed by atoms with Gasteiger partial charge in [-0.3, -0.25) is 19.7 Å². The smallest absolute Gasteiger partial charge is 0.288 e. The molecule has 0 radical (unpaired) electrons. The first-order chi connectivity index (χ1) is 10.5. The van der Waals surface area contributed by atoms with Crippen molar-refractivity contribution in [3.05, 3.63) is 38.9 Å². The summed E-state index contributed by atoms with van der Waals surface area (Å²) in [7, 11) is 0. The minimum absolute atomic E-state index is 0.0138. The minimum Gasteiger partial charge on any atom is -0.352 e. The number of nitrogens with zero attached hydrogens (tertiary/aromatic N) is 2. The molecule has 1 aliphatic heterocycles. The van der Waals surface area contributed by atoms with Gasteiger partial charge in [0, 0.05) is 37.7 Å². The molecule has 1 aromatic rings. The van der Waals surface area contributed by atoms with E-state index in [1.165, 1.54) is 12.1 Å². The highest BCUT2D eigenvalue weighted by atomic mass is 35.5. The highest BCUT2D eigenvalue weighted by molar-refractivity contribution is 6.32. The molecule has 0 unspecified atom stereocenters. The van der Waals surface area contributed by atoms with E-state index in [1.54, 1.807) is 4.90 Å². The largest absolute Gasteiger partial charge is 0.352 e. The van der Waals surface area contributed by atoms with E-state index in [9.17, 15) is 19.7 Å². The molecule has 1 N–H and O–H groups in total. The molecule has 1 aliphatic rings. The highest BCUT2D eigenvalue weighted by Gasteiger charge is 2.19. The summed E-state index contributed by atoms with van der Waals surface area (Å²) in [5, 5.41) is 13.4. The van der Waals surface area contributed by atoms with Crippen LogP contribution in [0.3, 0.4) is 0 Å². The predicted molar refractivity (Wildman–Crippen MR) is 80.9 cm³/mol. The second-order valence-electron chi connectivity index (χ2n) is 5.02. The Morgan fingerprint density at radius 3 is 2.64 bits per heavy atom. The molecule has 1 saturated heterocycles. The van der Waals surface area contributed by atoms with E-state index in [0.29, 0.717) is 0 Å². The van der Waals surface area contributed by atoms with Gasteiger partial charge >= 0.3 is 0 Å². The summed E-state index contributed by atoms with van der Waals surface area (Å²) < 4.78 is 0. The lowest BCUT2D eigenvalue weighted by Gasteiger charge is -2.15. The summed E-state index contributed by atoms with van der Waals surface area (Å²) in [5.74, 6) is -0.450. The normalized spacial score (nSPS) is 14.0. The zero-order valence-electron chi connectivity index (χ0n) is 11.9. The van der Waals surface area contributed by atoms with Gasteiger partial charge in [0.2, 0.25) is 5.91 Å². The molecular weight excluding hydrogens is 310 g/mol. The standard InChI is InChI=1S/C14H16ClN3O4/c15-11-4-3-10(9-12(11)18(21)22)14(20)16-6-5-13(19)17-7-1-2-8-17/h3-4,9H,1-2,5-8H2,(H,16,20). The molecular formula is C14H16ClN3O4. The SMILES string of the molecule is O=C(NCCC(=O)N1CCCC1)c1ccc(Cl)c([N+](=O)[O-])c1. The quantitative estimate of drug-likeness (QED) is 0.662. The van der Waals surface area contributed by atoms with E-state index in [2.05, 4.69) is 5.32 Å². The summed E-state index contributed by atoms with van der Waals surface area (Å²) in [6.07, 6.45) is 2.26. The fraction of sp³-hybridized carbons (Fsp3) is 0.429. The van der Waals surface area contributed by atoms with Gasteiger partial charge in [-0.1, -0.05) is 11.6 Å². The van der Waals surface area contributed by atoms with Crippen molar-refractivity contribution in [2.75, 3.05) is 19.6 Å². The number of amides is 2. The Morgan fingerprint density at radius 1 is 1.32 bits per heavy atom. The molecule has 22 heavy (non-hydrogen) atoms. The molecule has 7 nitrogen and oxygen atoms in total. The summed E-state index contributed by atoms with van der Waals surface area (Å²) >= 11 is 5.69. The lowest BCUT2D eigenvalue weighted by Crippen LogP contribution is -2.32. The van der Waals surface area contributed by atoms with Crippen LogP contribution in [0.5, 0.6) is 0 Å². The van der Waals surface area contributed by atoms with Gasteiger partial charge in [0.1, 0.15) is 5.02 Å². The van der Waals surface area contributed by atoms with E-state index >= 15 is 0 Å². The number of carbonyl (C=O) groups is 2. The van der Waals surface area contributed by atoms with Crippen molar-refractivity contribution in [2.24, 2.45) is 0 Å². The van der Waals surface area contributed by atoms with E-state index in [4.69, 9.17) is 11.6 Å². The van der Waals surface area contributed by atoms with Crippen LogP contribution < -0.4 is 5.32 Å². The molecule has 2 amide bonds. The summed E-state index contributed by atoms with van der Waals surface area (Å²) in [4.78, 5) is 35.7. The molecule has 1 heterocycles. The number of benzene rings is 1. The van der Waals surface area contributed by atoms with Crippen LogP contribution in [0.15, 0.2) is 18.2 Å². The van der Waals surface area contributed by atoms with Gasteiger partial charge in [-0.2, -0.15) is 0 Å². The number of nitrogens with one attached hydrogen (secondary N) is 1. The Bertz CT molecular complexity index is 600. The second kappa shape index (κ2) is 7.22. The third-order valence-corrected chi connectivity index (χ3v) is 3.81. The van der Waals surface area contributed by atoms with Crippen molar-refractivity contribution in [3.8, 4) is 0 Å². The van der Waals surface area contributed by atoms with Gasteiger partial charge in [0.15, 0.2) is 0 Å². The first-order valence-corrected chi connectivity index (χ1v) is 7.37. The number of nitro benzene ring substituents is 1. The van der Waals surface area contributed by atoms with Crippen molar-refractivity contribution in [2.45, 2.75) is 19.3 Å². The molecule has 2 rings (SSSR count). The first kappa shape index (κ1) is 16.2. The molecule has 118 valence electrons. The Labute approximate surface area is 132 Å². The minimum atomic E-state index is -0.643. The maximum Gasteiger partial charge on any atom is 0.288 e. The van der Waals surface area contributed by atoms with Crippen molar-refractivity contribution in [1.29, 1.82) is 0 Å². The zero-order valence-corrected chi connectivity index (χ0v) is 12.6. The average Bonchev–Trinajstić information content (AvgIpc) is 3.01. The molecule has 0 bridgehead atoms. The van der Waals surface area contributed by atoms with E-state index in [-0.39, 0.29) is 35.1 Å². The van der Waals surface area contributed by atoms with Gasteiger partial charge in [0.25, 0.3) is 11.6 Å². The van der Waals surface area contributed by atoms with Crippen molar-refractivity contribution in [3.63, 3.8) is 0 Å². The van der Waals surface area contributed by atoms with Crippen LogP contribution in [0.4, 0.5) is 5.69 Å². The van der Waals surface area contributed by atoms with Gasteiger partial charge < -0.3 is 10.2 Å². The number of likely N-dealkylation sites (tertiary alicyclic amines) is 1. The highest BCUT2D eigenvalue weighted by Crippen LogP contribution is 2.24. The van der Waals surface area contributed by atoms with Gasteiger partial charge in [-0.15, -0.1) is 0 Å². The molecule has 1 fully saturated rings. The Hall–Kier alpha value is -2.15. The molecule has 0 saturated carbocycles. The fourth-order valence-electron chi connectivity index (χ4n) is 2.30. The molecule has 8 heteroatoms. The Kier molecular flexibility index (Phi) is 5.32. The van der Waals surface area contributed by atoms with Crippen LogP contribution in [0, 0.1) is 10.1 Å². The van der Waals surface area contributed by atoms with Crippen LogP contribution in [0.2, 0.25) is 5.02 Å². The number of hydrogen-bond donors (Lipinski definition) is 1. The van der Waals surface area contributed by atoms with Gasteiger partial charge in [0.05, 0.1) is 4.92 Å². The third-order valence-electron chi connectivity index (χ3n) is 3.49. The van der Waals surface area contributed by atoms with E-state index < -0.39 is 10.8 Å². The third kappa shape index (κ3) is 3.94. The maximum atomic E-state index is 11.9. The van der Waals surface area contributed by atoms with Crippen molar-refractivity contribution < 1.29 is 14.5 Å². The lowest BCUT2D eigenvalue weighted by molar-refractivity contribution is -0.384. The number of rotatable bonds is 5. The fourth-order valence-corrected chi connectivity index (χ4v) is 2.49. The number of carbonyl (C=O) groups excluding carboxylic acids is 2. The van der Waals surface area contributed by atoms with E-state index in [0.717, 1.165) is 32.0 Å². The summed E-state index contributed by atoms with van der Waals surface area (Å²) in [6.45, 7) is 1.75. The van der Waals surface area contributed by atoms with Crippen LogP contribution in [-0.4, -0.2) is 41.3 Å². The summed E-state index contributed by atoms with van der Waals surface area (Å²) in [5.41, 5.74) is -0.174. The van der Waals surface area contributed by atoms with Crippen LogP contribution in [-0.2, 0) is 4.79 Å². The zero-order chi connectivity index (χ0) is 16.1. The van der Waals surface area contributed by atoms with Crippen molar-refractivity contribution >= 4 is 29.1 Å². The average molecular weight is 326 g/mol. The Morgan fingerprint density at radius 2 is 2.00 bits per heavy atom. The molecule has 0 spiro atoms. The monoisotopic (exact) mass is 325 g/mol. The topological polar surface area (TPSA) is 92.6 Å². The number of nitro groups is 1. The molecule has 1 aromatic carbocycles. The van der Waals surface area contributed by atoms with Crippen LogP contribution >= 0.6 is 11.6 Å². The van der Waals surface area contributed by atoms with Crippen LogP contribution in [0.1, 0.15) is 29.6 Å².